The maximum absolute atomic E-state index is 14.2. The predicted octanol–water partition coefficient (Wildman–Crippen LogP) is 6.16. The molecule has 5 aromatic rings. The summed E-state index contributed by atoms with van der Waals surface area (Å²) in [6.07, 6.45) is 0.409. The second-order valence-electron chi connectivity index (χ2n) is 10.5. The van der Waals surface area contributed by atoms with E-state index in [1.807, 2.05) is 19.1 Å². The molecule has 0 saturated carbocycles. The lowest BCUT2D eigenvalue weighted by atomic mass is 10.1. The average molecular weight is 623 g/mol. The number of nitro groups is 1. The van der Waals surface area contributed by atoms with E-state index in [2.05, 4.69) is 0 Å². The third-order valence-corrected chi connectivity index (χ3v) is 7.70. The summed E-state index contributed by atoms with van der Waals surface area (Å²) in [4.78, 5) is 45.8. The van der Waals surface area contributed by atoms with Gasteiger partial charge in [-0.25, -0.2) is 4.98 Å². The number of aromatic nitrogens is 2. The molecular formula is C35H34N4O7. The standard InChI is InChI=1S/C35H34N4O7/c1-5-46-28-16-14-26(15-17-28)38-33(36-30-12-7-6-11-29(30)35(38)41)23(2)37(34(40)25-9-8-10-27(22-25)39(42)43)20-19-24-13-18-31(44-3)32(21-24)45-4/h6-18,21-23H,5,19-20H2,1-4H3. The molecule has 0 N–H and O–H groups in total. The molecule has 1 aromatic heterocycles. The van der Waals surface area contributed by atoms with Crippen molar-refractivity contribution in [2.75, 3.05) is 27.4 Å². The van der Waals surface area contributed by atoms with Crippen LogP contribution in [0.2, 0.25) is 0 Å². The van der Waals surface area contributed by atoms with Crippen molar-refractivity contribution in [3.63, 3.8) is 0 Å². The molecule has 0 bridgehead atoms. The van der Waals surface area contributed by atoms with Gasteiger partial charge in [-0.1, -0.05) is 24.3 Å². The Bertz CT molecular complexity index is 1940. The maximum Gasteiger partial charge on any atom is 0.270 e. The molecular weight excluding hydrogens is 588 g/mol. The molecule has 5 rings (SSSR count). The Kier molecular flexibility index (Phi) is 9.61. The van der Waals surface area contributed by atoms with Crippen LogP contribution in [0.4, 0.5) is 5.69 Å². The minimum Gasteiger partial charge on any atom is -0.494 e. The number of nitrogens with zero attached hydrogens (tertiary/aromatic N) is 4. The van der Waals surface area contributed by atoms with Crippen molar-refractivity contribution in [1.82, 2.24) is 14.5 Å². The molecule has 11 nitrogen and oxygen atoms in total. The predicted molar refractivity (Wildman–Crippen MR) is 174 cm³/mol. The number of para-hydroxylation sites is 1. The van der Waals surface area contributed by atoms with Gasteiger partial charge in [-0.15, -0.1) is 0 Å². The Labute approximate surface area is 265 Å². The first kappa shape index (κ1) is 31.7. The van der Waals surface area contributed by atoms with Gasteiger partial charge in [-0.2, -0.15) is 0 Å². The molecule has 0 aliphatic rings. The van der Waals surface area contributed by atoms with Crippen molar-refractivity contribution in [2.45, 2.75) is 26.3 Å². The van der Waals surface area contributed by atoms with E-state index in [0.717, 1.165) is 5.56 Å². The fourth-order valence-electron chi connectivity index (χ4n) is 5.35. The molecule has 0 radical (unpaired) electrons. The number of hydrogen-bond donors (Lipinski definition) is 0. The Hall–Kier alpha value is -5.71. The molecule has 11 heteroatoms. The molecule has 0 fully saturated rings. The minimum absolute atomic E-state index is 0.143. The highest BCUT2D eigenvalue weighted by molar-refractivity contribution is 5.95. The van der Waals surface area contributed by atoms with Gasteiger partial charge in [0.15, 0.2) is 11.5 Å². The summed E-state index contributed by atoms with van der Waals surface area (Å²) < 4.78 is 17.9. The first-order valence-electron chi connectivity index (χ1n) is 14.8. The lowest BCUT2D eigenvalue weighted by Gasteiger charge is -2.31. The zero-order valence-corrected chi connectivity index (χ0v) is 26.0. The molecule has 0 spiro atoms. The molecule has 236 valence electrons. The molecule has 46 heavy (non-hydrogen) atoms. The molecule has 1 atom stereocenters. The SMILES string of the molecule is CCOc1ccc(-n2c(C(C)N(CCc3ccc(OC)c(OC)c3)C(=O)c3cccc([N+](=O)[O-])c3)nc3ccccc3c2=O)cc1. The first-order valence-corrected chi connectivity index (χ1v) is 14.8. The Balaban J connectivity index is 1.63. The number of amides is 1. The van der Waals surface area contributed by atoms with Crippen molar-refractivity contribution in [2.24, 2.45) is 0 Å². The second-order valence-corrected chi connectivity index (χ2v) is 10.5. The third kappa shape index (κ3) is 6.53. The van der Waals surface area contributed by atoms with E-state index in [1.54, 1.807) is 86.7 Å². The van der Waals surface area contributed by atoms with Crippen LogP contribution in [0.15, 0.2) is 95.8 Å². The molecule has 1 amide bonds. The van der Waals surface area contributed by atoms with E-state index in [9.17, 15) is 19.7 Å². The fraction of sp³-hybridized carbons (Fsp3) is 0.229. The summed E-state index contributed by atoms with van der Waals surface area (Å²) in [7, 11) is 3.10. The molecule has 1 unspecified atom stereocenters. The number of fused-ring (bicyclic) bond motifs is 1. The average Bonchev–Trinajstić information content (AvgIpc) is 3.08. The molecule has 0 aliphatic heterocycles. The smallest absolute Gasteiger partial charge is 0.270 e. The number of methoxy groups -OCH3 is 2. The molecule has 0 aliphatic carbocycles. The van der Waals surface area contributed by atoms with Crippen LogP contribution in [0.5, 0.6) is 17.2 Å². The fourth-order valence-corrected chi connectivity index (χ4v) is 5.35. The topological polar surface area (TPSA) is 126 Å². The number of non-ortho nitro benzene ring substituents is 1. The van der Waals surface area contributed by atoms with Crippen molar-refractivity contribution < 1.29 is 23.9 Å². The molecule has 0 saturated heterocycles. The highest BCUT2D eigenvalue weighted by Crippen LogP contribution is 2.30. The number of ether oxygens (including phenoxy) is 3. The number of benzene rings is 4. The minimum atomic E-state index is -0.740. The lowest BCUT2D eigenvalue weighted by molar-refractivity contribution is -0.384. The van der Waals surface area contributed by atoms with Gasteiger partial charge in [-0.3, -0.25) is 24.3 Å². The van der Waals surface area contributed by atoms with Gasteiger partial charge in [0.1, 0.15) is 11.6 Å². The monoisotopic (exact) mass is 622 g/mol. The number of hydrogen-bond acceptors (Lipinski definition) is 8. The summed E-state index contributed by atoms with van der Waals surface area (Å²) in [5, 5.41) is 12.0. The van der Waals surface area contributed by atoms with Crippen LogP contribution in [0, 0.1) is 10.1 Å². The Morgan fingerprint density at radius 1 is 0.957 bits per heavy atom. The van der Waals surface area contributed by atoms with Gasteiger partial charge in [-0.05, 0) is 80.4 Å². The van der Waals surface area contributed by atoms with E-state index in [4.69, 9.17) is 19.2 Å². The van der Waals surface area contributed by atoms with Crippen LogP contribution < -0.4 is 19.8 Å². The Morgan fingerprint density at radius 2 is 1.70 bits per heavy atom. The summed E-state index contributed by atoms with van der Waals surface area (Å²) in [5.74, 6) is 1.66. The second kappa shape index (κ2) is 13.9. The van der Waals surface area contributed by atoms with Crippen molar-refractivity contribution in [3.8, 4) is 22.9 Å². The van der Waals surface area contributed by atoms with Crippen molar-refractivity contribution in [3.05, 3.63) is 128 Å². The summed E-state index contributed by atoms with van der Waals surface area (Å²) in [5.41, 5.74) is 1.56. The van der Waals surface area contributed by atoms with Crippen LogP contribution in [-0.4, -0.2) is 52.7 Å². The highest BCUT2D eigenvalue weighted by Gasteiger charge is 2.28. The molecule has 1 heterocycles. The van der Waals surface area contributed by atoms with E-state index in [0.29, 0.717) is 52.7 Å². The van der Waals surface area contributed by atoms with Gasteiger partial charge >= 0.3 is 0 Å². The number of rotatable bonds is 12. The van der Waals surface area contributed by atoms with Crippen LogP contribution in [0.25, 0.3) is 16.6 Å². The normalized spacial score (nSPS) is 11.6. The van der Waals surface area contributed by atoms with E-state index < -0.39 is 16.9 Å². The highest BCUT2D eigenvalue weighted by atomic mass is 16.6. The summed E-state index contributed by atoms with van der Waals surface area (Å²) in [6.45, 7) is 4.38. The van der Waals surface area contributed by atoms with Gasteiger partial charge in [0.2, 0.25) is 0 Å². The van der Waals surface area contributed by atoms with Crippen molar-refractivity contribution >= 4 is 22.5 Å². The Morgan fingerprint density at radius 3 is 2.39 bits per heavy atom. The number of nitro benzene ring substituents is 1. The summed E-state index contributed by atoms with van der Waals surface area (Å²) in [6, 6.07) is 24.5. The quantitative estimate of drug-likeness (QED) is 0.120. The van der Waals surface area contributed by atoms with E-state index in [1.165, 1.54) is 22.8 Å². The zero-order chi connectivity index (χ0) is 32.8. The van der Waals surface area contributed by atoms with Crippen LogP contribution in [-0.2, 0) is 6.42 Å². The van der Waals surface area contributed by atoms with Crippen molar-refractivity contribution in [1.29, 1.82) is 0 Å². The van der Waals surface area contributed by atoms with Gasteiger partial charge in [0, 0.05) is 24.2 Å². The summed E-state index contributed by atoms with van der Waals surface area (Å²) >= 11 is 0. The van der Waals surface area contributed by atoms with Gasteiger partial charge in [0.25, 0.3) is 17.2 Å². The first-order chi connectivity index (χ1) is 22.2. The largest absolute Gasteiger partial charge is 0.494 e. The molecule has 4 aromatic carbocycles. The van der Waals surface area contributed by atoms with Crippen LogP contribution in [0.3, 0.4) is 0 Å². The van der Waals surface area contributed by atoms with Gasteiger partial charge in [0.05, 0.1) is 48.4 Å². The van der Waals surface area contributed by atoms with Crippen LogP contribution >= 0.6 is 0 Å². The third-order valence-electron chi connectivity index (χ3n) is 7.70. The maximum atomic E-state index is 14.2. The van der Waals surface area contributed by atoms with E-state index >= 15 is 0 Å². The number of carbonyl (C=O) groups is 1. The van der Waals surface area contributed by atoms with Gasteiger partial charge < -0.3 is 19.1 Å². The van der Waals surface area contributed by atoms with Crippen LogP contribution in [0.1, 0.15) is 41.6 Å². The van der Waals surface area contributed by atoms with E-state index in [-0.39, 0.29) is 23.4 Å². The lowest BCUT2D eigenvalue weighted by Crippen LogP contribution is -2.38. The number of carbonyl (C=O) groups excluding carboxylic acids is 1. The zero-order valence-electron chi connectivity index (χ0n) is 26.0.